The van der Waals surface area contributed by atoms with Crippen molar-refractivity contribution in [3.05, 3.63) is 316 Å². The molecule has 15 aromatic rings. The van der Waals surface area contributed by atoms with Gasteiger partial charge in [0.1, 0.15) is 11.2 Å². The average Bonchev–Trinajstić information content (AvgIpc) is 1.54. The molecule has 7 nitrogen and oxygen atoms in total. The summed E-state index contributed by atoms with van der Waals surface area (Å²) in [5.41, 5.74) is 24.2. The van der Waals surface area contributed by atoms with Crippen molar-refractivity contribution in [2.45, 2.75) is 40.0 Å². The van der Waals surface area contributed by atoms with Crippen molar-refractivity contribution in [2.24, 2.45) is 0 Å². The lowest BCUT2D eigenvalue weighted by molar-refractivity contribution is 0.670. The molecule has 0 saturated heterocycles. The van der Waals surface area contributed by atoms with Crippen molar-refractivity contribution in [1.29, 1.82) is 0 Å². The van der Waals surface area contributed by atoms with Crippen LogP contribution in [0.15, 0.2) is 251 Å². The second kappa shape index (κ2) is 19.4. The number of hydrogen-bond acceptors (Lipinski definition) is 5. The Morgan fingerprint density at radius 3 is 1.25 bits per heavy atom. The van der Waals surface area contributed by atoms with Crippen molar-refractivity contribution >= 4 is 128 Å². The molecule has 0 fully saturated rings. The highest BCUT2D eigenvalue weighted by Crippen LogP contribution is 2.68. The van der Waals surface area contributed by atoms with Gasteiger partial charge in [-0.3, -0.25) is 0 Å². The van der Waals surface area contributed by atoms with E-state index in [1.54, 1.807) is 0 Å². The van der Waals surface area contributed by atoms with Crippen LogP contribution in [0.3, 0.4) is 0 Å². The third-order valence-electron chi connectivity index (χ3n) is 18.8. The van der Waals surface area contributed by atoms with Gasteiger partial charge in [0.05, 0.1) is 52.7 Å². The monoisotopic (exact) mass is 1140 g/mol. The Morgan fingerprint density at radius 2 is 0.742 bits per heavy atom. The van der Waals surface area contributed by atoms with Crippen LogP contribution in [-0.4, -0.2) is 0 Å². The highest BCUT2D eigenvalue weighted by molar-refractivity contribution is 6.22. The van der Waals surface area contributed by atoms with E-state index >= 15 is 0 Å². The molecule has 3 heterocycles. The van der Waals surface area contributed by atoms with Gasteiger partial charge in [-0.25, -0.2) is 9.69 Å². The fourth-order valence-electron chi connectivity index (χ4n) is 15.2. The van der Waals surface area contributed by atoms with Crippen molar-refractivity contribution < 1.29 is 8.83 Å². The zero-order valence-electron chi connectivity index (χ0n) is 49.6. The summed E-state index contributed by atoms with van der Waals surface area (Å²) in [6, 6.07) is 87.9. The molecule has 1 aliphatic carbocycles. The van der Waals surface area contributed by atoms with Crippen LogP contribution in [0.4, 0.5) is 62.6 Å². The summed E-state index contributed by atoms with van der Waals surface area (Å²) in [7, 11) is 0. The summed E-state index contributed by atoms with van der Waals surface area (Å²) >= 11 is 0. The van der Waals surface area contributed by atoms with Gasteiger partial charge in [0.2, 0.25) is 11.4 Å². The van der Waals surface area contributed by atoms with Gasteiger partial charge in [0.25, 0.3) is 0 Å². The predicted molar refractivity (Wildman–Crippen MR) is 367 cm³/mol. The van der Waals surface area contributed by atoms with Crippen LogP contribution in [0.5, 0.6) is 0 Å². The van der Waals surface area contributed by atoms with Crippen LogP contribution in [0.2, 0.25) is 0 Å². The van der Waals surface area contributed by atoms with Gasteiger partial charge in [0.15, 0.2) is 11.2 Å². The zero-order chi connectivity index (χ0) is 60.0. The number of benzene rings is 13. The Morgan fingerprint density at radius 1 is 0.326 bits per heavy atom. The topological polar surface area (TPSA) is 44.7 Å². The van der Waals surface area contributed by atoms with Crippen LogP contribution < -0.4 is 14.7 Å². The number of fused-ring (bicyclic) bond motifs is 19. The Kier molecular flexibility index (Phi) is 11.3. The number of nitrogens with zero attached hydrogens (tertiary/aromatic N) is 5. The molecule has 89 heavy (non-hydrogen) atoms. The highest BCUT2D eigenvalue weighted by atomic mass is 16.3. The molecule has 7 heteroatoms. The molecule has 13 aromatic carbocycles. The minimum atomic E-state index is -0.973. The van der Waals surface area contributed by atoms with E-state index in [1.165, 1.54) is 22.3 Å². The maximum absolute atomic E-state index is 8.24. The van der Waals surface area contributed by atoms with E-state index in [0.29, 0.717) is 33.7 Å². The molecule has 0 amide bonds. The van der Waals surface area contributed by atoms with Gasteiger partial charge in [0, 0.05) is 49.4 Å². The molecule has 0 N–H and O–H groups in total. The SMILES string of the molecule is [C-]#[N+]c1cccc2c1oc1c(N(c3ccc(C)cc3C)c3cc4c(c5ccccc35)-c3c(cc(N(c5ccc(C)cc5C)c5cccc6c5oc5c([N+]#[C-])cccc56)c5ccccc35)C43c4ccccc4N(c4ccccc4)c4ccc(C)cc43)cccc12. The van der Waals surface area contributed by atoms with Gasteiger partial charge in [-0.1, -0.05) is 199 Å². The van der Waals surface area contributed by atoms with Crippen molar-refractivity contribution in [2.75, 3.05) is 14.7 Å². The second-order valence-electron chi connectivity index (χ2n) is 24.0. The van der Waals surface area contributed by atoms with Crippen molar-refractivity contribution in [1.82, 2.24) is 0 Å². The molecule has 0 unspecified atom stereocenters. The van der Waals surface area contributed by atoms with E-state index in [1.807, 2.05) is 24.3 Å². The lowest BCUT2D eigenvalue weighted by atomic mass is 9.64. The summed E-state index contributed by atoms with van der Waals surface area (Å²) < 4.78 is 14.1. The van der Waals surface area contributed by atoms with E-state index < -0.39 is 5.41 Å². The van der Waals surface area contributed by atoms with Crippen LogP contribution in [0.1, 0.15) is 50.1 Å². The first kappa shape index (κ1) is 51.8. The van der Waals surface area contributed by atoms with Crippen LogP contribution in [0, 0.1) is 47.8 Å². The largest absolute Gasteiger partial charge is 0.465 e. The number of hydrogen-bond donors (Lipinski definition) is 0. The van der Waals surface area contributed by atoms with E-state index in [4.69, 9.17) is 22.0 Å². The molecule has 2 aliphatic rings. The minimum absolute atomic E-state index is 0.478. The van der Waals surface area contributed by atoms with Gasteiger partial charge in [-0.05, 0) is 151 Å². The first-order valence-electron chi connectivity index (χ1n) is 30.2. The van der Waals surface area contributed by atoms with Crippen molar-refractivity contribution in [3.8, 4) is 11.1 Å². The van der Waals surface area contributed by atoms with Crippen LogP contribution >= 0.6 is 0 Å². The normalized spacial score (nSPS) is 12.8. The predicted octanol–water partition coefficient (Wildman–Crippen LogP) is 23.5. The molecule has 0 saturated carbocycles. The summed E-state index contributed by atoms with van der Waals surface area (Å²) in [6.07, 6.45) is 0. The molecule has 0 atom stereocenters. The van der Waals surface area contributed by atoms with Gasteiger partial charge in [-0.2, -0.15) is 0 Å². The van der Waals surface area contributed by atoms with E-state index in [0.717, 1.165) is 133 Å². The lowest BCUT2D eigenvalue weighted by Gasteiger charge is -2.45. The number of para-hydroxylation sites is 6. The number of furan rings is 2. The van der Waals surface area contributed by atoms with E-state index in [2.05, 4.69) is 277 Å². The molecular weight excluding hydrogens is 1090 g/mol. The number of rotatable bonds is 7. The Labute approximate surface area is 515 Å². The zero-order valence-corrected chi connectivity index (χ0v) is 49.6. The average molecular weight is 1140 g/mol. The Hall–Kier alpha value is -11.6. The molecule has 0 radical (unpaired) electrons. The third-order valence-corrected chi connectivity index (χ3v) is 18.8. The van der Waals surface area contributed by atoms with E-state index in [9.17, 15) is 0 Å². The molecule has 17 rings (SSSR count). The van der Waals surface area contributed by atoms with E-state index in [-0.39, 0.29) is 0 Å². The molecule has 2 aromatic heterocycles. The molecule has 1 spiro atoms. The number of anilines is 9. The Balaban J connectivity index is 1.06. The fraction of sp³-hybridized carbons (Fsp3) is 0.0732. The smallest absolute Gasteiger partial charge is 0.229 e. The first-order chi connectivity index (χ1) is 43.6. The minimum Gasteiger partial charge on any atom is -0.465 e. The van der Waals surface area contributed by atoms with Gasteiger partial charge < -0.3 is 23.5 Å². The van der Waals surface area contributed by atoms with Gasteiger partial charge in [-0.15, -0.1) is 0 Å². The van der Waals surface area contributed by atoms with Crippen LogP contribution in [-0.2, 0) is 5.41 Å². The summed E-state index contributed by atoms with van der Waals surface area (Å²) in [4.78, 5) is 15.2. The van der Waals surface area contributed by atoms with Crippen LogP contribution in [0.25, 0.3) is 86.2 Å². The Bertz CT molecular complexity index is 5360. The standard InChI is InChI=1S/C82H55N5O2/c1-48-37-40-68(51(4)43-48)86(72-35-19-29-60-58-27-17-32-66(83-6)78(58)88-80(60)72)74-46-64-76(56-25-13-11-23-54(56)74)77-57-26-14-12-24-55(57)75(87(69-41-38-49(2)44-52(69)5)73-36-20-30-61-59-28-18-33-67(84-7)79(59)89-81(61)73)47-65(77)82(64)62-31-15-16-34-70(62)85(53-21-9-8-10-22-53)71-42-39-50(3)45-63(71)82/h8-47H,1-5H3. The van der Waals surface area contributed by atoms with Crippen molar-refractivity contribution in [3.63, 3.8) is 0 Å². The maximum atomic E-state index is 8.24. The first-order valence-corrected chi connectivity index (χ1v) is 30.2. The third kappa shape index (κ3) is 7.31. The molecule has 0 bridgehead atoms. The second-order valence-corrected chi connectivity index (χ2v) is 24.0. The fourth-order valence-corrected chi connectivity index (χ4v) is 15.2. The summed E-state index contributed by atoms with van der Waals surface area (Å²) in [5.74, 6) is 0. The molecule has 1 aliphatic heterocycles. The summed E-state index contributed by atoms with van der Waals surface area (Å²) in [6.45, 7) is 27.4. The maximum Gasteiger partial charge on any atom is 0.229 e. The molecular formula is C82H55N5O2. The van der Waals surface area contributed by atoms with Gasteiger partial charge >= 0.3 is 0 Å². The molecule has 420 valence electrons. The highest BCUT2D eigenvalue weighted by Gasteiger charge is 2.54. The quantitative estimate of drug-likeness (QED) is 0.149. The summed E-state index contributed by atoms with van der Waals surface area (Å²) in [5, 5.41) is 8.06. The number of aryl methyl sites for hydroxylation is 5. The lowest BCUT2D eigenvalue weighted by Crippen LogP contribution is -2.36.